The van der Waals surface area contributed by atoms with Gasteiger partial charge < -0.3 is 5.32 Å². The lowest BCUT2D eigenvalue weighted by Crippen LogP contribution is -2.23. The standard InChI is InChI=1S/C15H11F4NOS/c1-8(22-14-7-10(17)2-4-11(14)18)15(21)20-13-5-3-9(16)6-12(13)19/h2-8H,1H3,(H,20,21)/t8-/m0/s1. The maximum atomic E-state index is 13.5. The van der Waals surface area contributed by atoms with E-state index >= 15 is 0 Å². The van der Waals surface area contributed by atoms with E-state index in [1.54, 1.807) is 0 Å². The van der Waals surface area contributed by atoms with Crippen LogP contribution in [0.3, 0.4) is 0 Å². The molecule has 0 spiro atoms. The molecule has 0 aliphatic rings. The predicted octanol–water partition coefficient (Wildman–Crippen LogP) is 4.36. The Kier molecular flexibility index (Phi) is 5.07. The first-order chi connectivity index (χ1) is 10.4. The fraction of sp³-hybridized carbons (Fsp3) is 0.133. The lowest BCUT2D eigenvalue weighted by Gasteiger charge is -2.13. The van der Waals surface area contributed by atoms with Gasteiger partial charge in [0.15, 0.2) is 0 Å². The second-order valence-electron chi connectivity index (χ2n) is 4.45. The van der Waals surface area contributed by atoms with Crippen LogP contribution in [0, 0.1) is 23.3 Å². The maximum absolute atomic E-state index is 13.5. The van der Waals surface area contributed by atoms with Gasteiger partial charge in [0.25, 0.3) is 0 Å². The second kappa shape index (κ2) is 6.83. The molecule has 0 saturated heterocycles. The quantitative estimate of drug-likeness (QED) is 0.667. The summed E-state index contributed by atoms with van der Waals surface area (Å²) < 4.78 is 52.8. The van der Waals surface area contributed by atoms with Crippen LogP contribution in [-0.2, 0) is 4.79 Å². The molecule has 116 valence electrons. The fourth-order valence-electron chi connectivity index (χ4n) is 1.64. The van der Waals surface area contributed by atoms with Gasteiger partial charge >= 0.3 is 0 Å². The molecule has 0 bridgehead atoms. The van der Waals surface area contributed by atoms with Gasteiger partial charge in [-0.1, -0.05) is 0 Å². The zero-order valence-corrected chi connectivity index (χ0v) is 12.2. The van der Waals surface area contributed by atoms with Crippen molar-refractivity contribution in [1.82, 2.24) is 0 Å². The Labute approximate surface area is 128 Å². The summed E-state index contributed by atoms with van der Waals surface area (Å²) in [7, 11) is 0. The van der Waals surface area contributed by atoms with Gasteiger partial charge in [-0.3, -0.25) is 4.79 Å². The van der Waals surface area contributed by atoms with Gasteiger partial charge in [-0.2, -0.15) is 0 Å². The van der Waals surface area contributed by atoms with Crippen molar-refractivity contribution in [2.24, 2.45) is 0 Å². The van der Waals surface area contributed by atoms with Gasteiger partial charge in [0, 0.05) is 11.0 Å². The summed E-state index contributed by atoms with van der Waals surface area (Å²) in [6, 6.07) is 5.63. The molecule has 7 heteroatoms. The van der Waals surface area contributed by atoms with Gasteiger partial charge in [0.1, 0.15) is 23.3 Å². The SMILES string of the molecule is C[C@H](Sc1cc(F)ccc1F)C(=O)Nc1ccc(F)cc1F. The Morgan fingerprint density at radius 3 is 2.32 bits per heavy atom. The monoisotopic (exact) mass is 329 g/mol. The summed E-state index contributed by atoms with van der Waals surface area (Å²) in [5.41, 5.74) is -0.182. The van der Waals surface area contributed by atoms with Gasteiger partial charge in [-0.25, -0.2) is 17.6 Å². The third-order valence-electron chi connectivity index (χ3n) is 2.76. The molecule has 0 aliphatic heterocycles. The molecule has 1 amide bonds. The number of rotatable bonds is 4. The first kappa shape index (κ1) is 16.4. The fourth-order valence-corrected chi connectivity index (χ4v) is 2.54. The van der Waals surface area contributed by atoms with E-state index in [4.69, 9.17) is 0 Å². The van der Waals surface area contributed by atoms with Crippen molar-refractivity contribution < 1.29 is 22.4 Å². The van der Waals surface area contributed by atoms with E-state index in [1.165, 1.54) is 6.92 Å². The van der Waals surface area contributed by atoms with Gasteiger partial charge in [0.2, 0.25) is 5.91 Å². The molecule has 0 radical (unpaired) electrons. The Bertz CT molecular complexity index is 708. The molecule has 2 rings (SSSR count). The molecular formula is C15H11F4NOS. The molecule has 0 saturated carbocycles. The van der Waals surface area contributed by atoms with Crippen LogP contribution in [0.1, 0.15) is 6.92 Å². The molecular weight excluding hydrogens is 318 g/mol. The minimum atomic E-state index is -0.914. The average Bonchev–Trinajstić information content (AvgIpc) is 2.45. The van der Waals surface area contributed by atoms with Crippen LogP contribution in [0.2, 0.25) is 0 Å². The Morgan fingerprint density at radius 2 is 1.64 bits per heavy atom. The molecule has 1 atom stereocenters. The number of hydrogen-bond donors (Lipinski definition) is 1. The molecule has 0 aromatic heterocycles. The van der Waals surface area contributed by atoms with Crippen molar-refractivity contribution in [2.45, 2.75) is 17.1 Å². The second-order valence-corrected chi connectivity index (χ2v) is 5.83. The highest BCUT2D eigenvalue weighted by molar-refractivity contribution is 8.00. The van der Waals surface area contributed by atoms with E-state index in [-0.39, 0.29) is 10.6 Å². The molecule has 0 fully saturated rings. The van der Waals surface area contributed by atoms with Crippen LogP contribution in [-0.4, -0.2) is 11.2 Å². The summed E-state index contributed by atoms with van der Waals surface area (Å²) in [6.45, 7) is 1.46. The number of hydrogen-bond acceptors (Lipinski definition) is 2. The van der Waals surface area contributed by atoms with Crippen molar-refractivity contribution in [3.63, 3.8) is 0 Å². The Hall–Kier alpha value is -2.02. The Morgan fingerprint density at radius 1 is 1.00 bits per heavy atom. The number of anilines is 1. The van der Waals surface area contributed by atoms with Crippen LogP contribution in [0.15, 0.2) is 41.3 Å². The third-order valence-corrected chi connectivity index (χ3v) is 3.89. The number of nitrogens with one attached hydrogen (secondary N) is 1. The average molecular weight is 329 g/mol. The van der Waals surface area contributed by atoms with Crippen LogP contribution < -0.4 is 5.32 Å². The maximum Gasteiger partial charge on any atom is 0.237 e. The number of carbonyl (C=O) groups is 1. The van der Waals surface area contributed by atoms with E-state index in [0.29, 0.717) is 6.07 Å². The summed E-state index contributed by atoms with van der Waals surface area (Å²) in [5, 5.41) is 1.47. The van der Waals surface area contributed by atoms with Crippen LogP contribution in [0.5, 0.6) is 0 Å². The lowest BCUT2D eigenvalue weighted by atomic mass is 10.3. The van der Waals surface area contributed by atoms with Crippen molar-refractivity contribution in [3.05, 3.63) is 59.7 Å². The zero-order chi connectivity index (χ0) is 16.3. The highest BCUT2D eigenvalue weighted by Gasteiger charge is 2.18. The zero-order valence-electron chi connectivity index (χ0n) is 11.4. The molecule has 2 nitrogen and oxygen atoms in total. The summed E-state index contributed by atoms with van der Waals surface area (Å²) in [5.74, 6) is -3.57. The van der Waals surface area contributed by atoms with Crippen molar-refractivity contribution in [3.8, 4) is 0 Å². The molecule has 1 N–H and O–H groups in total. The number of thioether (sulfide) groups is 1. The van der Waals surface area contributed by atoms with Gasteiger partial charge in [-0.15, -0.1) is 11.8 Å². The van der Waals surface area contributed by atoms with Crippen LogP contribution >= 0.6 is 11.8 Å². The summed E-state index contributed by atoms with van der Waals surface area (Å²) in [6.07, 6.45) is 0. The number of benzene rings is 2. The number of carbonyl (C=O) groups excluding carboxylic acids is 1. The third kappa shape index (κ3) is 4.00. The first-order valence-electron chi connectivity index (χ1n) is 6.24. The van der Waals surface area contributed by atoms with E-state index < -0.39 is 34.4 Å². The highest BCUT2D eigenvalue weighted by atomic mass is 32.2. The normalized spacial score (nSPS) is 12.0. The van der Waals surface area contributed by atoms with Crippen LogP contribution in [0.4, 0.5) is 23.2 Å². The largest absolute Gasteiger partial charge is 0.323 e. The Balaban J connectivity index is 2.07. The topological polar surface area (TPSA) is 29.1 Å². The van der Waals surface area contributed by atoms with Gasteiger partial charge in [0.05, 0.1) is 10.9 Å². The smallest absolute Gasteiger partial charge is 0.237 e. The minimum Gasteiger partial charge on any atom is -0.323 e. The molecule has 22 heavy (non-hydrogen) atoms. The van der Waals surface area contributed by atoms with Crippen molar-refractivity contribution in [1.29, 1.82) is 0 Å². The van der Waals surface area contributed by atoms with E-state index in [2.05, 4.69) is 5.32 Å². The molecule has 2 aromatic carbocycles. The van der Waals surface area contributed by atoms with E-state index in [1.807, 2.05) is 0 Å². The molecule has 0 aliphatic carbocycles. The van der Waals surface area contributed by atoms with Crippen molar-refractivity contribution in [2.75, 3.05) is 5.32 Å². The first-order valence-corrected chi connectivity index (χ1v) is 7.12. The summed E-state index contributed by atoms with van der Waals surface area (Å²) >= 11 is 0.797. The minimum absolute atomic E-state index is 0.0257. The molecule has 0 unspecified atom stereocenters. The molecule has 2 aromatic rings. The van der Waals surface area contributed by atoms with E-state index in [0.717, 1.165) is 42.1 Å². The predicted molar refractivity (Wildman–Crippen MR) is 76.7 cm³/mol. The van der Waals surface area contributed by atoms with Crippen LogP contribution in [0.25, 0.3) is 0 Å². The van der Waals surface area contributed by atoms with Crippen molar-refractivity contribution >= 4 is 23.4 Å². The van der Waals surface area contributed by atoms with Gasteiger partial charge in [-0.05, 0) is 37.3 Å². The number of amides is 1. The molecule has 0 heterocycles. The number of halogens is 4. The highest BCUT2D eigenvalue weighted by Crippen LogP contribution is 2.27. The van der Waals surface area contributed by atoms with E-state index in [9.17, 15) is 22.4 Å². The summed E-state index contributed by atoms with van der Waals surface area (Å²) in [4.78, 5) is 11.9. The lowest BCUT2D eigenvalue weighted by molar-refractivity contribution is -0.115.